The summed E-state index contributed by atoms with van der Waals surface area (Å²) in [6.07, 6.45) is 0.193. The number of rotatable bonds is 7. The lowest BCUT2D eigenvalue weighted by atomic mass is 10.2. The number of ether oxygens (including phenoxy) is 1. The van der Waals surface area contributed by atoms with Gasteiger partial charge in [-0.1, -0.05) is 35.9 Å². The fourth-order valence-corrected chi connectivity index (χ4v) is 3.16. The lowest BCUT2D eigenvalue weighted by Crippen LogP contribution is -2.14. The predicted octanol–water partition coefficient (Wildman–Crippen LogP) is 5.09. The van der Waals surface area contributed by atoms with E-state index < -0.39 is 17.6 Å². The van der Waals surface area contributed by atoms with Gasteiger partial charge in [0.2, 0.25) is 0 Å². The summed E-state index contributed by atoms with van der Waals surface area (Å²) in [6.45, 7) is 0.279. The van der Waals surface area contributed by atoms with Crippen molar-refractivity contribution >= 4 is 23.2 Å². The largest absolute Gasteiger partial charge is 0.471 e. The first-order chi connectivity index (χ1) is 15.8. The average molecular weight is 476 g/mol. The molecule has 0 aliphatic carbocycles. The van der Waals surface area contributed by atoms with Crippen LogP contribution in [0.3, 0.4) is 0 Å². The molecule has 2 heterocycles. The molecule has 0 spiro atoms. The molecule has 0 saturated carbocycles. The van der Waals surface area contributed by atoms with E-state index in [1.54, 1.807) is 16.9 Å². The van der Waals surface area contributed by atoms with E-state index in [0.29, 0.717) is 17.3 Å². The van der Waals surface area contributed by atoms with Gasteiger partial charge in [0.1, 0.15) is 5.75 Å². The van der Waals surface area contributed by atoms with Gasteiger partial charge in [0.05, 0.1) is 24.0 Å². The van der Waals surface area contributed by atoms with Crippen molar-refractivity contribution in [2.24, 2.45) is 0 Å². The number of halogens is 4. The fraction of sp³-hybridized carbons (Fsp3) is 0.136. The summed E-state index contributed by atoms with van der Waals surface area (Å²) in [5.74, 6) is -0.428. The molecule has 33 heavy (non-hydrogen) atoms. The number of amides is 1. The van der Waals surface area contributed by atoms with E-state index in [0.717, 1.165) is 17.7 Å². The monoisotopic (exact) mass is 475 g/mol. The maximum atomic E-state index is 12.8. The van der Waals surface area contributed by atoms with Gasteiger partial charge < -0.3 is 10.1 Å². The first kappa shape index (κ1) is 22.4. The van der Waals surface area contributed by atoms with Crippen molar-refractivity contribution in [3.05, 3.63) is 95.0 Å². The van der Waals surface area contributed by atoms with Crippen LogP contribution in [0.4, 0.5) is 18.9 Å². The van der Waals surface area contributed by atoms with Crippen molar-refractivity contribution < 1.29 is 22.7 Å². The molecule has 11 heteroatoms. The first-order valence-corrected chi connectivity index (χ1v) is 10.1. The van der Waals surface area contributed by atoms with E-state index in [9.17, 15) is 18.0 Å². The zero-order valence-corrected chi connectivity index (χ0v) is 17.7. The number of nitrogens with zero attached hydrogens (tertiary/aromatic N) is 4. The number of nitrogens with one attached hydrogen (secondary N) is 1. The normalized spacial score (nSPS) is 11.4. The third-order valence-electron chi connectivity index (χ3n) is 4.58. The van der Waals surface area contributed by atoms with Gasteiger partial charge in [-0.3, -0.25) is 9.48 Å². The first-order valence-electron chi connectivity index (χ1n) is 9.69. The van der Waals surface area contributed by atoms with Crippen LogP contribution in [0.2, 0.25) is 5.02 Å². The Hall–Kier alpha value is -3.79. The lowest BCUT2D eigenvalue weighted by Gasteiger charge is -2.10. The highest BCUT2D eigenvalue weighted by Gasteiger charge is 2.30. The smallest absolute Gasteiger partial charge is 0.416 e. The van der Waals surface area contributed by atoms with E-state index >= 15 is 0 Å². The van der Waals surface area contributed by atoms with Crippen LogP contribution < -0.4 is 10.1 Å². The minimum absolute atomic E-state index is 0.0391. The molecule has 0 aliphatic heterocycles. The molecule has 0 fully saturated rings. The predicted molar refractivity (Wildman–Crippen MR) is 115 cm³/mol. The zero-order chi connectivity index (χ0) is 23.4. The van der Waals surface area contributed by atoms with Crippen LogP contribution in [0.15, 0.2) is 73.2 Å². The summed E-state index contributed by atoms with van der Waals surface area (Å²) in [6, 6.07) is 13.4. The van der Waals surface area contributed by atoms with E-state index in [1.807, 2.05) is 18.2 Å². The van der Waals surface area contributed by atoms with E-state index in [1.165, 1.54) is 35.3 Å². The summed E-state index contributed by atoms with van der Waals surface area (Å²) >= 11 is 6.16. The number of carbonyl (C=O) groups is 1. The molecule has 2 aromatic carbocycles. The maximum absolute atomic E-state index is 12.8. The van der Waals surface area contributed by atoms with Crippen molar-refractivity contribution in [1.29, 1.82) is 0 Å². The Morgan fingerprint density at radius 3 is 2.70 bits per heavy atom. The number of carbonyl (C=O) groups excluding carboxylic acids is 1. The fourth-order valence-electron chi connectivity index (χ4n) is 2.97. The molecule has 1 amide bonds. The minimum atomic E-state index is -4.46. The van der Waals surface area contributed by atoms with Gasteiger partial charge in [-0.2, -0.15) is 23.4 Å². The highest BCUT2D eigenvalue weighted by atomic mass is 35.5. The van der Waals surface area contributed by atoms with Crippen LogP contribution in [0.25, 0.3) is 0 Å². The van der Waals surface area contributed by atoms with Gasteiger partial charge >= 0.3 is 6.18 Å². The Labute approximate surface area is 191 Å². The standard InChI is InChI=1S/C22H17ClF3N5O2/c23-19-7-2-1-4-15(19)12-31-13-17(11-27-31)28-21(32)20-8-9-30(29-20)14-33-18-6-3-5-16(10-18)22(24,25)26/h1-11,13H,12,14H2,(H,28,32). The number of anilines is 1. The molecule has 0 radical (unpaired) electrons. The van der Waals surface area contributed by atoms with Crippen molar-refractivity contribution in [3.8, 4) is 5.75 Å². The Morgan fingerprint density at radius 1 is 1.09 bits per heavy atom. The molecule has 0 aliphatic rings. The van der Waals surface area contributed by atoms with Gasteiger partial charge in [0, 0.05) is 17.4 Å². The number of hydrogen-bond donors (Lipinski definition) is 1. The lowest BCUT2D eigenvalue weighted by molar-refractivity contribution is -0.137. The molecular weight excluding hydrogens is 459 g/mol. The quantitative estimate of drug-likeness (QED) is 0.404. The number of aromatic nitrogens is 4. The molecule has 170 valence electrons. The van der Waals surface area contributed by atoms with E-state index in [2.05, 4.69) is 15.5 Å². The Kier molecular flexibility index (Phi) is 6.36. The van der Waals surface area contributed by atoms with Crippen LogP contribution in [-0.4, -0.2) is 25.5 Å². The highest BCUT2D eigenvalue weighted by molar-refractivity contribution is 6.31. The van der Waals surface area contributed by atoms with Gasteiger partial charge in [-0.15, -0.1) is 0 Å². The summed E-state index contributed by atoms with van der Waals surface area (Å²) < 4.78 is 46.7. The summed E-state index contributed by atoms with van der Waals surface area (Å²) in [5, 5.41) is 11.6. The average Bonchev–Trinajstić information content (AvgIpc) is 3.43. The SMILES string of the molecule is O=C(Nc1cnn(Cc2ccccc2Cl)c1)c1ccn(COc2cccc(C(F)(F)F)c2)n1. The number of benzene rings is 2. The van der Waals surface area contributed by atoms with Crippen molar-refractivity contribution in [2.45, 2.75) is 19.5 Å². The molecule has 1 N–H and O–H groups in total. The molecule has 4 rings (SSSR count). The molecule has 4 aromatic rings. The van der Waals surface area contributed by atoms with Gasteiger partial charge in [-0.05, 0) is 35.9 Å². The second-order valence-corrected chi connectivity index (χ2v) is 7.42. The van der Waals surface area contributed by atoms with E-state index in [4.69, 9.17) is 16.3 Å². The van der Waals surface area contributed by atoms with Crippen LogP contribution in [0.1, 0.15) is 21.6 Å². The molecule has 0 atom stereocenters. The molecule has 0 bridgehead atoms. The van der Waals surface area contributed by atoms with Gasteiger partial charge in [-0.25, -0.2) is 4.68 Å². The van der Waals surface area contributed by atoms with Crippen LogP contribution in [0, 0.1) is 0 Å². The van der Waals surface area contributed by atoms with Crippen LogP contribution >= 0.6 is 11.6 Å². The third kappa shape index (κ3) is 5.72. The highest BCUT2D eigenvalue weighted by Crippen LogP contribution is 2.31. The number of alkyl halides is 3. The zero-order valence-electron chi connectivity index (χ0n) is 17.0. The van der Waals surface area contributed by atoms with E-state index in [-0.39, 0.29) is 18.2 Å². The van der Waals surface area contributed by atoms with Crippen LogP contribution in [0.5, 0.6) is 5.75 Å². The maximum Gasteiger partial charge on any atom is 0.416 e. The van der Waals surface area contributed by atoms with Crippen molar-refractivity contribution in [2.75, 3.05) is 5.32 Å². The molecule has 7 nitrogen and oxygen atoms in total. The van der Waals surface area contributed by atoms with Gasteiger partial charge in [0.15, 0.2) is 12.4 Å². The third-order valence-corrected chi connectivity index (χ3v) is 4.95. The Bertz CT molecular complexity index is 1270. The minimum Gasteiger partial charge on any atom is -0.471 e. The second-order valence-electron chi connectivity index (χ2n) is 7.01. The Morgan fingerprint density at radius 2 is 1.91 bits per heavy atom. The topological polar surface area (TPSA) is 74.0 Å². The van der Waals surface area contributed by atoms with Crippen molar-refractivity contribution in [1.82, 2.24) is 19.6 Å². The summed E-state index contributed by atoms with van der Waals surface area (Å²) in [4.78, 5) is 12.5. The second kappa shape index (κ2) is 9.37. The van der Waals surface area contributed by atoms with Crippen molar-refractivity contribution in [3.63, 3.8) is 0 Å². The van der Waals surface area contributed by atoms with Crippen LogP contribution in [-0.2, 0) is 19.5 Å². The molecule has 2 aromatic heterocycles. The molecular formula is C22H17ClF3N5O2. The molecule has 0 unspecified atom stereocenters. The summed E-state index contributed by atoms with van der Waals surface area (Å²) in [5.41, 5.74) is 0.665. The summed E-state index contributed by atoms with van der Waals surface area (Å²) in [7, 11) is 0. The molecule has 0 saturated heterocycles. The Balaban J connectivity index is 1.34. The van der Waals surface area contributed by atoms with Gasteiger partial charge in [0.25, 0.3) is 5.91 Å². The number of hydrogen-bond acceptors (Lipinski definition) is 4.